The molecule has 0 saturated carbocycles. The molecule has 1 N–H and O–H groups in total. The molecule has 0 aliphatic carbocycles. The highest BCUT2D eigenvalue weighted by Crippen LogP contribution is 2.13. The van der Waals surface area contributed by atoms with Crippen LogP contribution in [-0.2, 0) is 20.7 Å². The second-order valence-electron chi connectivity index (χ2n) is 5.05. The van der Waals surface area contributed by atoms with Gasteiger partial charge in [0.05, 0.1) is 0 Å². The highest BCUT2D eigenvalue weighted by molar-refractivity contribution is 7.09. The van der Waals surface area contributed by atoms with Gasteiger partial charge in [-0.2, -0.15) is 0 Å². The summed E-state index contributed by atoms with van der Waals surface area (Å²) in [7, 11) is 0. The lowest BCUT2D eigenvalue weighted by molar-refractivity contribution is -0.144. The number of alkyl carbamates (subject to hydrolysis) is 1. The van der Waals surface area contributed by atoms with Gasteiger partial charge < -0.3 is 14.8 Å². The van der Waals surface area contributed by atoms with Crippen LogP contribution in [0, 0.1) is 0 Å². The summed E-state index contributed by atoms with van der Waals surface area (Å²) >= 11 is 6.88. The van der Waals surface area contributed by atoms with Gasteiger partial charge in [-0.3, -0.25) is 0 Å². The van der Waals surface area contributed by atoms with Gasteiger partial charge >= 0.3 is 12.1 Å². The number of hydrogen-bond acceptors (Lipinski definition) is 5. The van der Waals surface area contributed by atoms with E-state index in [-0.39, 0.29) is 6.07 Å². The molecule has 0 fully saturated rings. The van der Waals surface area contributed by atoms with E-state index in [2.05, 4.69) is 5.32 Å². The Morgan fingerprint density at radius 3 is 2.65 bits per heavy atom. The first-order valence-corrected chi connectivity index (χ1v) is 7.48. The van der Waals surface area contributed by atoms with Crippen molar-refractivity contribution < 1.29 is 19.1 Å². The van der Waals surface area contributed by atoms with E-state index in [1.165, 1.54) is 11.3 Å². The quantitative estimate of drug-likeness (QED) is 0.669. The minimum absolute atomic E-state index is 0.254. The minimum Gasteiger partial charge on any atom is -0.448 e. The molecule has 0 spiro atoms. The molecular weight excluding hydrogens is 302 g/mol. The number of halogens is 1. The van der Waals surface area contributed by atoms with Crippen molar-refractivity contribution in [2.45, 2.75) is 38.8 Å². The van der Waals surface area contributed by atoms with Crippen LogP contribution in [0.3, 0.4) is 0 Å². The molecule has 7 heteroatoms. The van der Waals surface area contributed by atoms with Crippen molar-refractivity contribution in [2.24, 2.45) is 0 Å². The number of rotatable bonds is 5. The van der Waals surface area contributed by atoms with Gasteiger partial charge in [0.15, 0.2) is 6.07 Å². The van der Waals surface area contributed by atoms with Gasteiger partial charge in [-0.1, -0.05) is 17.7 Å². The molecule has 0 bridgehead atoms. The topological polar surface area (TPSA) is 64.6 Å². The molecule has 5 nitrogen and oxygen atoms in total. The van der Waals surface area contributed by atoms with Crippen LogP contribution < -0.4 is 5.32 Å². The van der Waals surface area contributed by atoms with Gasteiger partial charge in [0, 0.05) is 11.3 Å². The van der Waals surface area contributed by atoms with Crippen molar-refractivity contribution in [1.29, 1.82) is 0 Å². The van der Waals surface area contributed by atoms with Gasteiger partial charge in [0.1, 0.15) is 11.6 Å². The fraction of sp³-hybridized carbons (Fsp3) is 0.538. The van der Waals surface area contributed by atoms with Crippen LogP contribution >= 0.6 is 22.9 Å². The van der Waals surface area contributed by atoms with E-state index in [0.717, 1.165) is 4.88 Å². The molecule has 0 aliphatic heterocycles. The highest BCUT2D eigenvalue weighted by atomic mass is 35.5. The van der Waals surface area contributed by atoms with Gasteiger partial charge in [-0.05, 0) is 32.2 Å². The monoisotopic (exact) mass is 319 g/mol. The Morgan fingerprint density at radius 2 is 2.15 bits per heavy atom. The van der Waals surface area contributed by atoms with Crippen molar-refractivity contribution in [1.82, 2.24) is 5.32 Å². The van der Waals surface area contributed by atoms with E-state index in [9.17, 15) is 9.59 Å². The average Bonchev–Trinajstić information content (AvgIpc) is 2.78. The largest absolute Gasteiger partial charge is 0.448 e. The zero-order chi connectivity index (χ0) is 15.2. The molecular formula is C13H18ClNO4S. The Balaban J connectivity index is 2.67. The second kappa shape index (κ2) is 7.50. The minimum atomic E-state index is -0.817. The maximum Gasteiger partial charge on any atom is 0.408 e. The first-order chi connectivity index (χ1) is 9.31. The van der Waals surface area contributed by atoms with Crippen molar-refractivity contribution in [3.63, 3.8) is 0 Å². The third kappa shape index (κ3) is 6.25. The van der Waals surface area contributed by atoms with Gasteiger partial charge in [0.2, 0.25) is 0 Å². The van der Waals surface area contributed by atoms with Crippen molar-refractivity contribution in [2.75, 3.05) is 6.07 Å². The van der Waals surface area contributed by atoms with Crippen LogP contribution in [0.15, 0.2) is 17.5 Å². The van der Waals surface area contributed by atoms with Crippen molar-refractivity contribution in [3.8, 4) is 0 Å². The van der Waals surface area contributed by atoms with Gasteiger partial charge in [0.25, 0.3) is 0 Å². The maximum atomic E-state index is 11.8. The van der Waals surface area contributed by atoms with E-state index in [4.69, 9.17) is 21.1 Å². The molecule has 1 atom stereocenters. The van der Waals surface area contributed by atoms with Crippen LogP contribution in [0.1, 0.15) is 25.6 Å². The first kappa shape index (κ1) is 16.8. The summed E-state index contributed by atoms with van der Waals surface area (Å²) in [6.07, 6.45) is -0.322. The summed E-state index contributed by atoms with van der Waals surface area (Å²) in [6.45, 7) is 5.24. The van der Waals surface area contributed by atoms with E-state index >= 15 is 0 Å². The van der Waals surface area contributed by atoms with Crippen LogP contribution in [0.4, 0.5) is 4.79 Å². The third-order valence-corrected chi connectivity index (χ3v) is 3.17. The number of carbonyl (C=O) groups excluding carboxylic acids is 2. The number of hydrogen-bond donors (Lipinski definition) is 1. The zero-order valence-electron chi connectivity index (χ0n) is 11.6. The van der Waals surface area contributed by atoms with E-state index < -0.39 is 23.7 Å². The normalized spacial score (nSPS) is 12.6. The number of carbonyl (C=O) groups is 2. The molecule has 1 rings (SSSR count). The number of ether oxygens (including phenoxy) is 2. The number of nitrogens with one attached hydrogen (secondary N) is 1. The number of alkyl halides is 1. The Morgan fingerprint density at radius 1 is 1.45 bits per heavy atom. The van der Waals surface area contributed by atoms with E-state index in [1.54, 1.807) is 20.8 Å². The van der Waals surface area contributed by atoms with Crippen molar-refractivity contribution >= 4 is 35.0 Å². The van der Waals surface area contributed by atoms with Gasteiger partial charge in [-0.15, -0.1) is 11.3 Å². The lowest BCUT2D eigenvalue weighted by Gasteiger charge is -2.22. The number of esters is 1. The highest BCUT2D eigenvalue weighted by Gasteiger charge is 2.26. The first-order valence-electron chi connectivity index (χ1n) is 6.06. The SMILES string of the molecule is CC(C)(C)OC(=O)N[C@@H](Cc1cccs1)C(=O)OCCl. The summed E-state index contributed by atoms with van der Waals surface area (Å²) in [5.41, 5.74) is -0.631. The molecule has 0 aliphatic rings. The molecule has 112 valence electrons. The number of amides is 1. The van der Waals surface area contributed by atoms with E-state index in [1.807, 2.05) is 17.5 Å². The molecule has 0 aromatic carbocycles. The summed E-state index contributed by atoms with van der Waals surface area (Å²) in [5.74, 6) is -0.584. The van der Waals surface area contributed by atoms with Crippen LogP contribution in [0.25, 0.3) is 0 Å². The molecule has 0 saturated heterocycles. The molecule has 1 aromatic heterocycles. The summed E-state index contributed by atoms with van der Waals surface area (Å²) in [6, 6.07) is 2.68. The standard InChI is InChI=1S/C13H18ClNO4S/c1-13(2,3)19-12(17)15-10(11(16)18-8-14)7-9-5-4-6-20-9/h4-6,10H,7-8H2,1-3H3,(H,15,17)/t10-/m0/s1. The molecule has 0 unspecified atom stereocenters. The lowest BCUT2D eigenvalue weighted by atomic mass is 10.2. The molecule has 1 amide bonds. The molecule has 1 heterocycles. The Kier molecular flexibility index (Phi) is 6.29. The molecule has 20 heavy (non-hydrogen) atoms. The third-order valence-electron chi connectivity index (χ3n) is 2.16. The summed E-state index contributed by atoms with van der Waals surface area (Å²) in [4.78, 5) is 24.5. The Hall–Kier alpha value is -1.27. The predicted molar refractivity (Wildman–Crippen MR) is 78.0 cm³/mol. The van der Waals surface area contributed by atoms with Gasteiger partial charge in [-0.25, -0.2) is 9.59 Å². The van der Waals surface area contributed by atoms with Crippen LogP contribution in [0.2, 0.25) is 0 Å². The number of thiophene rings is 1. The zero-order valence-corrected chi connectivity index (χ0v) is 13.2. The lowest BCUT2D eigenvalue weighted by Crippen LogP contribution is -2.45. The maximum absolute atomic E-state index is 11.8. The fourth-order valence-corrected chi connectivity index (χ4v) is 2.29. The summed E-state index contributed by atoms with van der Waals surface area (Å²) < 4.78 is 9.87. The van der Waals surface area contributed by atoms with Crippen molar-refractivity contribution in [3.05, 3.63) is 22.4 Å². The second-order valence-corrected chi connectivity index (χ2v) is 6.31. The summed E-state index contributed by atoms with van der Waals surface area (Å²) in [5, 5.41) is 4.40. The van der Waals surface area contributed by atoms with Crippen LogP contribution in [0.5, 0.6) is 0 Å². The predicted octanol–water partition coefficient (Wildman–Crippen LogP) is 2.92. The molecule has 0 radical (unpaired) electrons. The average molecular weight is 320 g/mol. The van der Waals surface area contributed by atoms with Crippen LogP contribution in [-0.4, -0.2) is 29.8 Å². The molecule has 1 aromatic rings. The fourth-order valence-electron chi connectivity index (χ4n) is 1.43. The Bertz CT molecular complexity index is 442. The smallest absolute Gasteiger partial charge is 0.408 e. The van der Waals surface area contributed by atoms with E-state index in [0.29, 0.717) is 6.42 Å². The Labute approximate surface area is 127 Å².